The number of nitrogens with one attached hydrogen (secondary N) is 2. The molecule has 1 aliphatic rings. The molecule has 1 aliphatic heterocycles. The van der Waals surface area contributed by atoms with Gasteiger partial charge in [0, 0.05) is 31.5 Å². The van der Waals surface area contributed by atoms with Gasteiger partial charge >= 0.3 is 0 Å². The molecule has 2 N–H and O–H groups in total. The van der Waals surface area contributed by atoms with E-state index in [4.69, 9.17) is 0 Å². The minimum absolute atomic E-state index is 0.269. The lowest BCUT2D eigenvalue weighted by Crippen LogP contribution is -2.59. The standard InChI is InChI=1S/C23H27F2N7O/c1-14-7-15(2)9-17(8-14)28-22-26-6-5-18(29-22)19-10-20(31(4)30-19)21(33)27-16(3)11-32-12-23(24,25)13-32/h5-10,16H,11-13H2,1-4H3,(H,27,33)(H,26,28,29)/t16-/m0/s1. The van der Waals surface area contributed by atoms with Crippen molar-refractivity contribution in [2.24, 2.45) is 7.05 Å². The number of amides is 1. The highest BCUT2D eigenvalue weighted by molar-refractivity contribution is 5.93. The quantitative estimate of drug-likeness (QED) is 0.568. The van der Waals surface area contributed by atoms with Crippen molar-refractivity contribution in [2.45, 2.75) is 32.7 Å². The van der Waals surface area contributed by atoms with Crippen LogP contribution in [-0.4, -0.2) is 62.2 Å². The molecule has 3 aromatic rings. The third-order valence-electron chi connectivity index (χ3n) is 5.33. The lowest BCUT2D eigenvalue weighted by molar-refractivity contribution is -0.131. The first kappa shape index (κ1) is 22.8. The molecule has 0 bridgehead atoms. The van der Waals surface area contributed by atoms with Gasteiger partial charge in [0.05, 0.1) is 18.8 Å². The van der Waals surface area contributed by atoms with Crippen LogP contribution in [0.4, 0.5) is 20.4 Å². The van der Waals surface area contributed by atoms with Gasteiger partial charge in [-0.25, -0.2) is 18.7 Å². The predicted octanol–water partition coefficient (Wildman–Crippen LogP) is 3.31. The zero-order valence-corrected chi connectivity index (χ0v) is 19.1. The van der Waals surface area contributed by atoms with Crippen molar-refractivity contribution in [3.8, 4) is 11.4 Å². The molecule has 1 saturated heterocycles. The summed E-state index contributed by atoms with van der Waals surface area (Å²) in [6.07, 6.45) is 1.63. The highest BCUT2D eigenvalue weighted by Gasteiger charge is 2.43. The molecular weight excluding hydrogens is 428 g/mol. The number of halogens is 2. The topological polar surface area (TPSA) is 88.0 Å². The second-order valence-electron chi connectivity index (χ2n) is 8.71. The fourth-order valence-electron chi connectivity index (χ4n) is 4.01. The Bertz CT molecular complexity index is 1150. The Kier molecular flexibility index (Phi) is 6.11. The van der Waals surface area contributed by atoms with Gasteiger partial charge in [0.1, 0.15) is 11.4 Å². The SMILES string of the molecule is Cc1cc(C)cc(Nc2nccc(-c3cc(C(=O)N[C@@H](C)CN4CC(F)(F)C4)n(C)n3)n2)c1. The molecule has 1 atom stereocenters. The van der Waals surface area contributed by atoms with Crippen molar-refractivity contribution < 1.29 is 13.6 Å². The van der Waals surface area contributed by atoms with Crippen molar-refractivity contribution >= 4 is 17.5 Å². The summed E-state index contributed by atoms with van der Waals surface area (Å²) in [5, 5.41) is 10.5. The first-order chi connectivity index (χ1) is 15.6. The molecule has 174 valence electrons. The molecule has 1 aromatic carbocycles. The first-order valence-corrected chi connectivity index (χ1v) is 10.7. The van der Waals surface area contributed by atoms with Gasteiger partial charge in [0.2, 0.25) is 5.95 Å². The molecule has 0 unspecified atom stereocenters. The second-order valence-corrected chi connectivity index (χ2v) is 8.71. The molecule has 0 spiro atoms. The molecule has 33 heavy (non-hydrogen) atoms. The van der Waals surface area contributed by atoms with Gasteiger partial charge in [0.25, 0.3) is 11.8 Å². The monoisotopic (exact) mass is 455 g/mol. The zero-order valence-electron chi connectivity index (χ0n) is 19.1. The number of aromatic nitrogens is 4. The van der Waals surface area contributed by atoms with Gasteiger partial charge in [-0.15, -0.1) is 0 Å². The number of benzene rings is 1. The Morgan fingerprint density at radius 1 is 1.15 bits per heavy atom. The summed E-state index contributed by atoms with van der Waals surface area (Å²) in [6, 6.07) is 9.21. The number of hydrogen-bond acceptors (Lipinski definition) is 6. The Hall–Kier alpha value is -3.40. The number of likely N-dealkylation sites (tertiary alicyclic amines) is 1. The van der Waals surface area contributed by atoms with E-state index in [0.29, 0.717) is 29.6 Å². The van der Waals surface area contributed by atoms with Crippen molar-refractivity contribution in [3.63, 3.8) is 0 Å². The summed E-state index contributed by atoms with van der Waals surface area (Å²) >= 11 is 0. The highest BCUT2D eigenvalue weighted by Crippen LogP contribution is 2.26. The fraction of sp³-hybridized carbons (Fsp3) is 0.391. The van der Waals surface area contributed by atoms with Crippen LogP contribution in [0.1, 0.15) is 28.5 Å². The summed E-state index contributed by atoms with van der Waals surface area (Å²) in [6.45, 7) is 5.67. The molecule has 2 aromatic heterocycles. The van der Waals surface area contributed by atoms with Crippen LogP contribution < -0.4 is 10.6 Å². The van der Waals surface area contributed by atoms with Gasteiger partial charge < -0.3 is 10.6 Å². The molecule has 0 aliphatic carbocycles. The zero-order chi connectivity index (χ0) is 23.8. The summed E-state index contributed by atoms with van der Waals surface area (Å²) in [7, 11) is 1.68. The molecule has 3 heterocycles. The third kappa shape index (κ3) is 5.51. The average molecular weight is 456 g/mol. The van der Waals surface area contributed by atoms with Crippen LogP contribution in [0.15, 0.2) is 36.5 Å². The summed E-state index contributed by atoms with van der Waals surface area (Å²) in [4.78, 5) is 23.2. The molecule has 1 fully saturated rings. The lowest BCUT2D eigenvalue weighted by Gasteiger charge is -2.40. The second kappa shape index (κ2) is 8.86. The van der Waals surface area contributed by atoms with Crippen molar-refractivity contribution in [3.05, 3.63) is 53.3 Å². The van der Waals surface area contributed by atoms with Crippen molar-refractivity contribution in [1.82, 2.24) is 30.0 Å². The maximum Gasteiger partial charge on any atom is 0.272 e. The molecular formula is C23H27F2N7O. The van der Waals surface area contributed by atoms with Crippen molar-refractivity contribution in [2.75, 3.05) is 25.0 Å². The van der Waals surface area contributed by atoms with Crippen LogP contribution in [0, 0.1) is 13.8 Å². The van der Waals surface area contributed by atoms with Crippen LogP contribution in [0.25, 0.3) is 11.4 Å². The van der Waals surface area contributed by atoms with E-state index in [1.165, 1.54) is 4.68 Å². The molecule has 0 saturated carbocycles. The number of aryl methyl sites for hydroxylation is 3. The van der Waals surface area contributed by atoms with Crippen LogP contribution >= 0.6 is 0 Å². The maximum absolute atomic E-state index is 13.0. The van der Waals surface area contributed by atoms with Gasteiger partial charge in [-0.3, -0.25) is 14.4 Å². The summed E-state index contributed by atoms with van der Waals surface area (Å²) in [5.41, 5.74) is 4.61. The Labute approximate surface area is 191 Å². The number of alkyl halides is 2. The van der Waals surface area contributed by atoms with Gasteiger partial charge in [-0.05, 0) is 56.2 Å². The summed E-state index contributed by atoms with van der Waals surface area (Å²) in [5.74, 6) is -2.52. The van der Waals surface area contributed by atoms with E-state index in [1.54, 1.807) is 37.2 Å². The predicted molar refractivity (Wildman–Crippen MR) is 122 cm³/mol. The number of hydrogen-bond donors (Lipinski definition) is 2. The number of rotatable bonds is 7. The average Bonchev–Trinajstić information content (AvgIpc) is 3.08. The maximum atomic E-state index is 13.0. The number of carbonyl (C=O) groups is 1. The van der Waals surface area contributed by atoms with E-state index in [-0.39, 0.29) is 25.0 Å². The molecule has 4 rings (SSSR count). The van der Waals surface area contributed by atoms with Gasteiger partial charge in [0.15, 0.2) is 0 Å². The Morgan fingerprint density at radius 3 is 2.52 bits per heavy atom. The molecule has 10 heteroatoms. The number of nitrogens with zero attached hydrogens (tertiary/aromatic N) is 5. The van der Waals surface area contributed by atoms with E-state index in [2.05, 4.69) is 31.8 Å². The summed E-state index contributed by atoms with van der Waals surface area (Å²) < 4.78 is 27.5. The van der Waals surface area contributed by atoms with E-state index in [9.17, 15) is 13.6 Å². The molecule has 1 amide bonds. The van der Waals surface area contributed by atoms with Crippen LogP contribution in [0.5, 0.6) is 0 Å². The van der Waals surface area contributed by atoms with E-state index < -0.39 is 5.92 Å². The Morgan fingerprint density at radius 2 is 1.85 bits per heavy atom. The lowest BCUT2D eigenvalue weighted by atomic mass is 10.1. The smallest absolute Gasteiger partial charge is 0.272 e. The molecule has 8 nitrogen and oxygen atoms in total. The van der Waals surface area contributed by atoms with Gasteiger partial charge in [-0.2, -0.15) is 5.10 Å². The normalized spacial score (nSPS) is 16.2. The highest BCUT2D eigenvalue weighted by atomic mass is 19.3. The third-order valence-corrected chi connectivity index (χ3v) is 5.33. The minimum atomic E-state index is -2.62. The van der Waals surface area contributed by atoms with E-state index >= 15 is 0 Å². The van der Waals surface area contributed by atoms with E-state index in [0.717, 1.165) is 16.8 Å². The largest absolute Gasteiger partial charge is 0.347 e. The van der Waals surface area contributed by atoms with Crippen molar-refractivity contribution in [1.29, 1.82) is 0 Å². The van der Waals surface area contributed by atoms with Crippen LogP contribution in [-0.2, 0) is 7.05 Å². The van der Waals surface area contributed by atoms with E-state index in [1.807, 2.05) is 26.0 Å². The molecule has 0 radical (unpaired) electrons. The van der Waals surface area contributed by atoms with Crippen LogP contribution in [0.3, 0.4) is 0 Å². The minimum Gasteiger partial charge on any atom is -0.347 e. The number of anilines is 2. The fourth-order valence-corrected chi connectivity index (χ4v) is 4.01. The first-order valence-electron chi connectivity index (χ1n) is 10.7. The Balaban J connectivity index is 1.44. The number of carbonyl (C=O) groups excluding carboxylic acids is 1. The van der Waals surface area contributed by atoms with Gasteiger partial charge in [-0.1, -0.05) is 6.07 Å². The van der Waals surface area contributed by atoms with Crippen LogP contribution in [0.2, 0.25) is 0 Å².